The topological polar surface area (TPSA) is 26.3 Å². The van der Waals surface area contributed by atoms with Gasteiger partial charge >= 0.3 is 5.97 Å². The molecule has 1 heterocycles. The van der Waals surface area contributed by atoms with Crippen molar-refractivity contribution in [1.29, 1.82) is 0 Å². The zero-order chi connectivity index (χ0) is 12.8. The van der Waals surface area contributed by atoms with Crippen molar-refractivity contribution in [3.63, 3.8) is 0 Å². The summed E-state index contributed by atoms with van der Waals surface area (Å²) in [5, 5.41) is 0. The number of hydrogen-bond acceptors (Lipinski definition) is 2. The highest BCUT2D eigenvalue weighted by Crippen LogP contribution is 2.52. The SMILES string of the molecule is C=C[C@]1(C)CC[C@@H]2[C@@H](OC(=O)[C@H]2C)[C@H]1C(=C)C. The Morgan fingerprint density at radius 3 is 2.76 bits per heavy atom. The Hall–Kier alpha value is -1.05. The lowest BCUT2D eigenvalue weighted by Gasteiger charge is -2.45. The molecule has 1 aliphatic heterocycles. The summed E-state index contributed by atoms with van der Waals surface area (Å²) in [5.74, 6) is 0.570. The fourth-order valence-corrected chi connectivity index (χ4v) is 3.60. The van der Waals surface area contributed by atoms with Crippen LogP contribution in [-0.2, 0) is 9.53 Å². The molecule has 2 fully saturated rings. The zero-order valence-corrected chi connectivity index (χ0v) is 11.0. The molecule has 2 nitrogen and oxygen atoms in total. The highest BCUT2D eigenvalue weighted by molar-refractivity contribution is 5.75. The van der Waals surface area contributed by atoms with Crippen LogP contribution in [-0.4, -0.2) is 12.1 Å². The first-order valence-electron chi connectivity index (χ1n) is 6.40. The van der Waals surface area contributed by atoms with E-state index < -0.39 is 0 Å². The van der Waals surface area contributed by atoms with Crippen LogP contribution >= 0.6 is 0 Å². The van der Waals surface area contributed by atoms with Crippen LogP contribution in [0.2, 0.25) is 0 Å². The molecule has 2 heteroatoms. The summed E-state index contributed by atoms with van der Waals surface area (Å²) in [4.78, 5) is 11.7. The first-order chi connectivity index (χ1) is 7.90. The number of fused-ring (bicyclic) bond motifs is 1. The Balaban J connectivity index is 2.36. The van der Waals surface area contributed by atoms with Crippen LogP contribution in [0.25, 0.3) is 0 Å². The summed E-state index contributed by atoms with van der Waals surface area (Å²) in [6.45, 7) is 14.3. The van der Waals surface area contributed by atoms with E-state index in [4.69, 9.17) is 4.74 Å². The van der Waals surface area contributed by atoms with Crippen molar-refractivity contribution >= 4 is 5.97 Å². The van der Waals surface area contributed by atoms with Gasteiger partial charge in [0.15, 0.2) is 0 Å². The van der Waals surface area contributed by atoms with Gasteiger partial charge in [-0.25, -0.2) is 0 Å². The number of hydrogen-bond donors (Lipinski definition) is 0. The average Bonchev–Trinajstić information content (AvgIpc) is 2.54. The Morgan fingerprint density at radius 1 is 1.59 bits per heavy atom. The number of allylic oxidation sites excluding steroid dienone is 1. The van der Waals surface area contributed by atoms with Crippen LogP contribution in [0.1, 0.15) is 33.6 Å². The summed E-state index contributed by atoms with van der Waals surface area (Å²) < 4.78 is 5.60. The van der Waals surface area contributed by atoms with Crippen molar-refractivity contribution in [3.05, 3.63) is 24.8 Å². The van der Waals surface area contributed by atoms with Gasteiger partial charge in [-0.2, -0.15) is 0 Å². The predicted molar refractivity (Wildman–Crippen MR) is 68.4 cm³/mol. The summed E-state index contributed by atoms with van der Waals surface area (Å²) in [6.07, 6.45) is 4.13. The van der Waals surface area contributed by atoms with E-state index in [9.17, 15) is 4.79 Å². The highest BCUT2D eigenvalue weighted by Gasteiger charge is 2.53. The minimum absolute atomic E-state index is 0.00625. The zero-order valence-electron chi connectivity index (χ0n) is 11.0. The lowest BCUT2D eigenvalue weighted by molar-refractivity contribution is -0.146. The summed E-state index contributed by atoms with van der Waals surface area (Å²) in [6, 6.07) is 0. The fourth-order valence-electron chi connectivity index (χ4n) is 3.60. The Labute approximate surface area is 104 Å². The molecule has 0 aromatic carbocycles. The molecule has 1 saturated carbocycles. The van der Waals surface area contributed by atoms with Crippen LogP contribution in [0.3, 0.4) is 0 Å². The number of ether oxygens (including phenoxy) is 1. The molecule has 0 aromatic rings. The maximum Gasteiger partial charge on any atom is 0.309 e. The molecular weight excluding hydrogens is 212 g/mol. The van der Waals surface area contributed by atoms with Crippen molar-refractivity contribution in [2.75, 3.05) is 0 Å². The van der Waals surface area contributed by atoms with Gasteiger partial charge in [0.25, 0.3) is 0 Å². The van der Waals surface area contributed by atoms with E-state index in [0.29, 0.717) is 5.92 Å². The first-order valence-corrected chi connectivity index (χ1v) is 6.40. The Kier molecular flexibility index (Phi) is 2.92. The van der Waals surface area contributed by atoms with Crippen molar-refractivity contribution in [2.24, 2.45) is 23.2 Å². The van der Waals surface area contributed by atoms with Gasteiger partial charge in [-0.15, -0.1) is 6.58 Å². The lowest BCUT2D eigenvalue weighted by Crippen LogP contribution is -2.44. The van der Waals surface area contributed by atoms with E-state index in [1.165, 1.54) is 0 Å². The summed E-state index contributed by atoms with van der Waals surface area (Å²) in [5.41, 5.74) is 1.11. The third-order valence-corrected chi connectivity index (χ3v) is 4.74. The normalized spacial score (nSPS) is 45.0. The second-order valence-electron chi connectivity index (χ2n) is 5.93. The minimum atomic E-state index is -0.0421. The molecule has 0 radical (unpaired) electrons. The van der Waals surface area contributed by atoms with Gasteiger partial charge < -0.3 is 4.74 Å². The second kappa shape index (κ2) is 4.01. The molecule has 0 spiro atoms. The van der Waals surface area contributed by atoms with Gasteiger partial charge in [0.05, 0.1) is 5.92 Å². The number of carbonyl (C=O) groups is 1. The maximum atomic E-state index is 11.7. The molecule has 1 aliphatic carbocycles. The molecule has 2 rings (SSSR count). The van der Waals surface area contributed by atoms with E-state index in [0.717, 1.165) is 18.4 Å². The van der Waals surface area contributed by atoms with Crippen molar-refractivity contribution in [3.8, 4) is 0 Å². The number of carbonyl (C=O) groups excluding carboxylic acids is 1. The smallest absolute Gasteiger partial charge is 0.309 e. The standard InChI is InChI=1S/C15H22O2/c1-6-15(5)8-7-11-10(4)14(16)17-13(11)12(15)9(2)3/h6,10-13H,1-2,7-8H2,3-5H3/t10-,11-,12+,13+,15+/m0/s1. The predicted octanol–water partition coefficient (Wildman–Crippen LogP) is 3.34. The molecule has 0 bridgehead atoms. The maximum absolute atomic E-state index is 11.7. The largest absolute Gasteiger partial charge is 0.461 e. The monoisotopic (exact) mass is 234 g/mol. The molecule has 0 amide bonds. The molecule has 5 atom stereocenters. The van der Waals surface area contributed by atoms with E-state index >= 15 is 0 Å². The van der Waals surface area contributed by atoms with Crippen LogP contribution in [0.15, 0.2) is 24.8 Å². The third-order valence-electron chi connectivity index (χ3n) is 4.74. The molecule has 0 aromatic heterocycles. The average molecular weight is 234 g/mol. The van der Waals surface area contributed by atoms with E-state index in [1.54, 1.807) is 0 Å². The first kappa shape index (κ1) is 12.4. The molecule has 1 saturated heterocycles. The van der Waals surface area contributed by atoms with Gasteiger partial charge in [0, 0.05) is 11.8 Å². The lowest BCUT2D eigenvalue weighted by atomic mass is 9.59. The fraction of sp³-hybridized carbons (Fsp3) is 0.667. The van der Waals surface area contributed by atoms with E-state index in [1.807, 2.05) is 19.9 Å². The number of rotatable bonds is 2. The second-order valence-corrected chi connectivity index (χ2v) is 5.93. The van der Waals surface area contributed by atoms with Gasteiger partial charge in [0.2, 0.25) is 0 Å². The Bertz CT molecular complexity index is 371. The van der Waals surface area contributed by atoms with E-state index in [-0.39, 0.29) is 29.3 Å². The molecule has 17 heavy (non-hydrogen) atoms. The van der Waals surface area contributed by atoms with E-state index in [2.05, 4.69) is 20.1 Å². The minimum Gasteiger partial charge on any atom is -0.461 e. The highest BCUT2D eigenvalue weighted by atomic mass is 16.6. The molecule has 0 unspecified atom stereocenters. The Morgan fingerprint density at radius 2 is 2.24 bits per heavy atom. The van der Waals surface area contributed by atoms with Crippen LogP contribution in [0.5, 0.6) is 0 Å². The summed E-state index contributed by atoms with van der Waals surface area (Å²) in [7, 11) is 0. The summed E-state index contributed by atoms with van der Waals surface area (Å²) >= 11 is 0. The quantitative estimate of drug-likeness (QED) is 0.541. The van der Waals surface area contributed by atoms with Crippen LogP contribution < -0.4 is 0 Å². The van der Waals surface area contributed by atoms with Gasteiger partial charge in [-0.1, -0.05) is 32.1 Å². The van der Waals surface area contributed by atoms with Crippen LogP contribution in [0, 0.1) is 23.2 Å². The van der Waals surface area contributed by atoms with Gasteiger partial charge in [-0.3, -0.25) is 4.79 Å². The molecule has 94 valence electrons. The van der Waals surface area contributed by atoms with Gasteiger partial charge in [0.1, 0.15) is 6.10 Å². The van der Waals surface area contributed by atoms with Gasteiger partial charge in [-0.05, 0) is 25.2 Å². The molecule has 0 N–H and O–H groups in total. The van der Waals surface area contributed by atoms with Crippen molar-refractivity contribution in [1.82, 2.24) is 0 Å². The van der Waals surface area contributed by atoms with Crippen LogP contribution in [0.4, 0.5) is 0 Å². The third kappa shape index (κ3) is 1.74. The van der Waals surface area contributed by atoms with Crippen molar-refractivity contribution in [2.45, 2.75) is 39.7 Å². The molecule has 2 aliphatic rings. The van der Waals surface area contributed by atoms with Crippen molar-refractivity contribution < 1.29 is 9.53 Å². The number of esters is 1. The molecular formula is C15H22O2.